The number of rotatable bonds is 3. The molecule has 3 heteroatoms. The summed E-state index contributed by atoms with van der Waals surface area (Å²) < 4.78 is 0. The zero-order chi connectivity index (χ0) is 14.8. The minimum atomic E-state index is -0.0997. The highest BCUT2D eigenvalue weighted by molar-refractivity contribution is 6.31. The Morgan fingerprint density at radius 2 is 1.86 bits per heavy atom. The Morgan fingerprint density at radius 3 is 2.71 bits per heavy atom. The highest BCUT2D eigenvalue weighted by atomic mass is 35.5. The van der Waals surface area contributed by atoms with Gasteiger partial charge in [-0.3, -0.25) is 4.98 Å². The van der Waals surface area contributed by atoms with Crippen LogP contribution in [-0.2, 0) is 6.42 Å². The summed E-state index contributed by atoms with van der Waals surface area (Å²) in [4.78, 5) is 4.68. The minimum absolute atomic E-state index is 0.0997. The maximum atomic E-state index is 6.34. The molecule has 21 heavy (non-hydrogen) atoms. The summed E-state index contributed by atoms with van der Waals surface area (Å²) in [5.41, 5.74) is 10.5. The van der Waals surface area contributed by atoms with Gasteiger partial charge in [-0.05, 0) is 36.2 Å². The van der Waals surface area contributed by atoms with Gasteiger partial charge in [0.1, 0.15) is 0 Å². The quantitative estimate of drug-likeness (QED) is 0.776. The summed E-state index contributed by atoms with van der Waals surface area (Å²) in [6, 6.07) is 18.0. The third-order valence-corrected chi connectivity index (χ3v) is 4.20. The third-order valence-electron chi connectivity index (χ3n) is 3.79. The average Bonchev–Trinajstić information content (AvgIpc) is 2.50. The second-order valence-electron chi connectivity index (χ2n) is 5.26. The molecule has 3 rings (SSSR count). The molecule has 0 fully saturated rings. The molecule has 0 radical (unpaired) electrons. The number of benzene rings is 2. The molecule has 1 heterocycles. The van der Waals surface area contributed by atoms with E-state index >= 15 is 0 Å². The van der Waals surface area contributed by atoms with Crippen LogP contribution in [0.25, 0.3) is 10.9 Å². The predicted molar refractivity (Wildman–Crippen MR) is 88.6 cm³/mol. The number of halogens is 1. The molecule has 0 saturated heterocycles. The van der Waals surface area contributed by atoms with Gasteiger partial charge in [0, 0.05) is 28.6 Å². The molecule has 106 valence electrons. The molecule has 3 aromatic rings. The first kappa shape index (κ1) is 14.1. The van der Waals surface area contributed by atoms with Crippen molar-refractivity contribution < 1.29 is 0 Å². The lowest BCUT2D eigenvalue weighted by Crippen LogP contribution is -2.15. The van der Waals surface area contributed by atoms with Crippen LogP contribution in [0.3, 0.4) is 0 Å². The Kier molecular flexibility index (Phi) is 3.91. The van der Waals surface area contributed by atoms with Gasteiger partial charge in [0.25, 0.3) is 0 Å². The normalized spacial score (nSPS) is 12.5. The summed E-state index contributed by atoms with van der Waals surface area (Å²) in [6.45, 7) is 2.01. The molecule has 1 aromatic heterocycles. The lowest BCUT2D eigenvalue weighted by molar-refractivity contribution is 0.704. The number of aromatic nitrogens is 1. The van der Waals surface area contributed by atoms with E-state index in [1.165, 1.54) is 0 Å². The van der Waals surface area contributed by atoms with E-state index in [4.69, 9.17) is 17.3 Å². The second kappa shape index (κ2) is 5.84. The van der Waals surface area contributed by atoms with Crippen LogP contribution < -0.4 is 5.73 Å². The van der Waals surface area contributed by atoms with Gasteiger partial charge in [-0.25, -0.2) is 0 Å². The molecule has 0 spiro atoms. The lowest BCUT2D eigenvalue weighted by atomic mass is 9.98. The van der Waals surface area contributed by atoms with Gasteiger partial charge >= 0.3 is 0 Å². The van der Waals surface area contributed by atoms with Crippen LogP contribution in [0.5, 0.6) is 0 Å². The van der Waals surface area contributed by atoms with Crippen LogP contribution >= 0.6 is 11.6 Å². The van der Waals surface area contributed by atoms with Gasteiger partial charge in [-0.1, -0.05) is 48.0 Å². The number of hydrogen-bond donors (Lipinski definition) is 1. The van der Waals surface area contributed by atoms with Gasteiger partial charge in [0.05, 0.1) is 5.52 Å². The molecule has 1 unspecified atom stereocenters. The molecule has 0 amide bonds. The van der Waals surface area contributed by atoms with E-state index in [1.807, 2.05) is 49.4 Å². The molecule has 2 N–H and O–H groups in total. The first-order valence-electron chi connectivity index (χ1n) is 7.00. The maximum Gasteiger partial charge on any atom is 0.0705 e. The van der Waals surface area contributed by atoms with E-state index in [9.17, 15) is 0 Å². The smallest absolute Gasteiger partial charge is 0.0705 e. The molecule has 0 saturated carbocycles. The van der Waals surface area contributed by atoms with Gasteiger partial charge < -0.3 is 5.73 Å². The van der Waals surface area contributed by atoms with Crippen LogP contribution in [0.4, 0.5) is 0 Å². The zero-order valence-electron chi connectivity index (χ0n) is 11.9. The zero-order valence-corrected chi connectivity index (χ0v) is 12.6. The first-order valence-corrected chi connectivity index (χ1v) is 7.38. The van der Waals surface area contributed by atoms with Crippen molar-refractivity contribution in [3.05, 3.63) is 76.4 Å². The average molecular weight is 297 g/mol. The largest absolute Gasteiger partial charge is 0.324 e. The fourth-order valence-corrected chi connectivity index (χ4v) is 2.76. The first-order chi connectivity index (χ1) is 10.1. The van der Waals surface area contributed by atoms with E-state index in [1.54, 1.807) is 0 Å². The van der Waals surface area contributed by atoms with Gasteiger partial charge in [0.2, 0.25) is 0 Å². The van der Waals surface area contributed by atoms with E-state index in [0.717, 1.165) is 32.7 Å². The Balaban J connectivity index is 1.89. The summed E-state index contributed by atoms with van der Waals surface area (Å²) in [7, 11) is 0. The number of para-hydroxylation sites is 1. The fourth-order valence-electron chi connectivity index (χ4n) is 2.58. The minimum Gasteiger partial charge on any atom is -0.324 e. The Hall–Kier alpha value is -1.90. The topological polar surface area (TPSA) is 38.9 Å². The van der Waals surface area contributed by atoms with Crippen molar-refractivity contribution in [1.82, 2.24) is 4.98 Å². The van der Waals surface area contributed by atoms with Crippen molar-refractivity contribution in [2.45, 2.75) is 19.4 Å². The standard InChI is InChI=1S/C18H17ClN2/c1-12-15(6-4-7-16(12)19)17(20)11-14-10-9-13-5-2-3-8-18(13)21-14/h2-10,17H,11,20H2,1H3. The Bertz CT molecular complexity index is 783. The molecule has 0 aliphatic carbocycles. The highest BCUT2D eigenvalue weighted by Gasteiger charge is 2.12. The van der Waals surface area contributed by atoms with E-state index in [0.29, 0.717) is 6.42 Å². The van der Waals surface area contributed by atoms with Crippen LogP contribution in [0.15, 0.2) is 54.6 Å². The Labute approximate surface area is 129 Å². The molecule has 0 aliphatic heterocycles. The highest BCUT2D eigenvalue weighted by Crippen LogP contribution is 2.25. The number of hydrogen-bond acceptors (Lipinski definition) is 2. The van der Waals surface area contributed by atoms with Gasteiger partial charge in [-0.2, -0.15) is 0 Å². The summed E-state index contributed by atoms with van der Waals surface area (Å²) in [6.07, 6.45) is 0.700. The van der Waals surface area contributed by atoms with Crippen molar-refractivity contribution in [1.29, 1.82) is 0 Å². The van der Waals surface area contributed by atoms with Crippen molar-refractivity contribution in [3.63, 3.8) is 0 Å². The maximum absolute atomic E-state index is 6.34. The number of fused-ring (bicyclic) bond motifs is 1. The fraction of sp³-hybridized carbons (Fsp3) is 0.167. The number of nitrogens with two attached hydrogens (primary N) is 1. The Morgan fingerprint density at radius 1 is 1.05 bits per heavy atom. The van der Waals surface area contributed by atoms with Crippen LogP contribution in [0, 0.1) is 6.92 Å². The summed E-state index contributed by atoms with van der Waals surface area (Å²) >= 11 is 6.17. The molecule has 0 bridgehead atoms. The molecular weight excluding hydrogens is 280 g/mol. The van der Waals surface area contributed by atoms with Crippen molar-refractivity contribution in [2.75, 3.05) is 0 Å². The van der Waals surface area contributed by atoms with Crippen LogP contribution in [0.1, 0.15) is 22.9 Å². The number of nitrogens with zero attached hydrogens (tertiary/aromatic N) is 1. The molecule has 2 nitrogen and oxygen atoms in total. The van der Waals surface area contributed by atoms with E-state index < -0.39 is 0 Å². The molecular formula is C18H17ClN2. The van der Waals surface area contributed by atoms with E-state index in [-0.39, 0.29) is 6.04 Å². The van der Waals surface area contributed by atoms with E-state index in [2.05, 4.69) is 17.1 Å². The molecule has 0 aliphatic rings. The lowest BCUT2D eigenvalue weighted by Gasteiger charge is -2.15. The second-order valence-corrected chi connectivity index (χ2v) is 5.67. The molecule has 1 atom stereocenters. The SMILES string of the molecule is Cc1c(Cl)cccc1C(N)Cc1ccc2ccccc2n1. The van der Waals surface area contributed by atoms with Gasteiger partial charge in [0.15, 0.2) is 0 Å². The summed E-state index contributed by atoms with van der Waals surface area (Å²) in [5, 5.41) is 1.91. The van der Waals surface area contributed by atoms with Gasteiger partial charge in [-0.15, -0.1) is 0 Å². The van der Waals surface area contributed by atoms with Crippen molar-refractivity contribution >= 4 is 22.5 Å². The van der Waals surface area contributed by atoms with Crippen molar-refractivity contribution in [3.8, 4) is 0 Å². The van der Waals surface area contributed by atoms with Crippen LogP contribution in [-0.4, -0.2) is 4.98 Å². The van der Waals surface area contributed by atoms with Crippen LogP contribution in [0.2, 0.25) is 5.02 Å². The number of pyridine rings is 1. The monoisotopic (exact) mass is 296 g/mol. The molecule has 2 aromatic carbocycles. The predicted octanol–water partition coefficient (Wildman–Crippen LogP) is 4.44. The third kappa shape index (κ3) is 2.92. The summed E-state index contributed by atoms with van der Waals surface area (Å²) in [5.74, 6) is 0. The van der Waals surface area contributed by atoms with Crippen molar-refractivity contribution in [2.24, 2.45) is 5.73 Å².